The van der Waals surface area contributed by atoms with E-state index < -0.39 is 22.4 Å². The molecule has 0 aliphatic carbocycles. The molecule has 4 N–H and O–H groups in total. The Morgan fingerprint density at radius 1 is 1.44 bits per heavy atom. The van der Waals surface area contributed by atoms with Crippen molar-refractivity contribution in [1.29, 1.82) is 0 Å². The van der Waals surface area contributed by atoms with Crippen molar-refractivity contribution in [2.45, 2.75) is 23.9 Å². The van der Waals surface area contributed by atoms with E-state index in [1.165, 1.54) is 28.2 Å². The molecule has 11 nitrogen and oxygen atoms in total. The molecule has 0 spiro atoms. The molecule has 0 radical (unpaired) electrons. The third kappa shape index (κ3) is 3.86. The first-order chi connectivity index (χ1) is 16.3. The summed E-state index contributed by atoms with van der Waals surface area (Å²) >= 11 is 7.79. The Balaban J connectivity index is 1.36. The second-order valence-electron chi connectivity index (χ2n) is 8.81. The molecule has 182 valence electrons. The maximum Gasteiger partial charge on any atom is 0.276 e. The molecule has 5 atom stereocenters. The zero-order valence-corrected chi connectivity index (χ0v) is 21.1. The number of hydrogen-bond donors (Lipinski definition) is 3. The molecule has 3 saturated heterocycles. The summed E-state index contributed by atoms with van der Waals surface area (Å²) in [5, 5.41) is 7.45. The first-order valence-electron chi connectivity index (χ1n) is 10.9. The smallest absolute Gasteiger partial charge is 0.276 e. The van der Waals surface area contributed by atoms with E-state index in [9.17, 15) is 14.4 Å². The lowest BCUT2D eigenvalue weighted by atomic mass is 9.89. The highest BCUT2D eigenvalue weighted by molar-refractivity contribution is 8.00. The summed E-state index contributed by atoms with van der Waals surface area (Å²) in [5.41, 5.74) is 7.18. The number of nitrogens with one attached hydrogen (secondary N) is 2. The maximum atomic E-state index is 13.2. The number of oxime groups is 1. The van der Waals surface area contributed by atoms with Gasteiger partial charge in [0.1, 0.15) is 30.9 Å². The highest BCUT2D eigenvalue weighted by Crippen LogP contribution is 2.45. The van der Waals surface area contributed by atoms with Gasteiger partial charge in [-0.15, -0.1) is 23.1 Å². The number of thiazole rings is 1. The lowest BCUT2D eigenvalue weighted by Gasteiger charge is -2.51. The van der Waals surface area contributed by atoms with E-state index in [1.807, 2.05) is 0 Å². The van der Waals surface area contributed by atoms with Gasteiger partial charge < -0.3 is 38.2 Å². The Hall–Kier alpha value is -2.26. The largest absolute Gasteiger partial charge is 0.735 e. The minimum atomic E-state index is -0.802. The molecule has 1 aromatic heterocycles. The molecule has 0 saturated carbocycles. The number of carbonyl (C=O) groups excluding carboxylic acids is 3. The molecule has 3 fully saturated rings. The van der Waals surface area contributed by atoms with Gasteiger partial charge >= 0.3 is 0 Å². The summed E-state index contributed by atoms with van der Waals surface area (Å²) in [7, 11) is 3.49. The van der Waals surface area contributed by atoms with Crippen molar-refractivity contribution >= 4 is 63.5 Å². The number of nitrogens with zero attached hydrogens (tertiary/aromatic N) is 4. The predicted octanol–water partition coefficient (Wildman–Crippen LogP) is -2.02. The maximum absolute atomic E-state index is 13.2. The van der Waals surface area contributed by atoms with Crippen molar-refractivity contribution in [2.75, 3.05) is 45.4 Å². The molecule has 5 heterocycles. The van der Waals surface area contributed by atoms with Crippen LogP contribution in [0.25, 0.3) is 0 Å². The Bertz CT molecular complexity index is 1110. The molecule has 14 heteroatoms. The molecule has 34 heavy (non-hydrogen) atoms. The van der Waals surface area contributed by atoms with Crippen LogP contribution in [0.2, 0.25) is 0 Å². The Kier molecular flexibility index (Phi) is 6.27. The molecule has 4 aliphatic rings. The van der Waals surface area contributed by atoms with Crippen LogP contribution in [-0.2, 0) is 31.8 Å². The van der Waals surface area contributed by atoms with Crippen molar-refractivity contribution in [3.05, 3.63) is 22.3 Å². The number of hydrogen-bond acceptors (Lipinski definition) is 11. The number of carbonyl (C=O) groups is 3. The lowest BCUT2D eigenvalue weighted by molar-refractivity contribution is -0.872. The van der Waals surface area contributed by atoms with Gasteiger partial charge in [0.2, 0.25) is 0 Å². The van der Waals surface area contributed by atoms with Crippen molar-refractivity contribution in [1.82, 2.24) is 20.1 Å². The molecular formula is C20H25N7O4S3. The number of aromatic nitrogens is 1. The number of likely N-dealkylation sites (N-methyl/N-ethyl adjacent to an activating group) is 1. The fraction of sp³-hybridized carbons (Fsp3) is 0.550. The highest BCUT2D eigenvalue weighted by atomic mass is 32.2. The van der Waals surface area contributed by atoms with Crippen molar-refractivity contribution < 1.29 is 24.1 Å². The average molecular weight is 524 g/mol. The molecule has 0 bridgehead atoms. The van der Waals surface area contributed by atoms with Crippen molar-refractivity contribution in [2.24, 2.45) is 11.1 Å². The van der Waals surface area contributed by atoms with Crippen molar-refractivity contribution in [3.63, 3.8) is 0 Å². The van der Waals surface area contributed by atoms with E-state index >= 15 is 0 Å². The van der Waals surface area contributed by atoms with Gasteiger partial charge in [0.25, 0.3) is 11.8 Å². The SMILES string of the molecule is CON=C(C(=O)N[C@@H]1C(=O)N2C(C(=O)[S-])=C(C3CCN4C[NH+](C)CC34)CS[C@H]12)c1csc(N)n1. The third-order valence-electron chi connectivity index (χ3n) is 6.78. The summed E-state index contributed by atoms with van der Waals surface area (Å²) in [5.74, 6) is -0.136. The zero-order chi connectivity index (χ0) is 24.1. The monoisotopic (exact) mass is 523 g/mol. The van der Waals surface area contributed by atoms with E-state index in [2.05, 4.69) is 27.4 Å². The summed E-state index contributed by atoms with van der Waals surface area (Å²) in [6, 6.07) is -0.440. The summed E-state index contributed by atoms with van der Waals surface area (Å²) in [6.45, 7) is 2.99. The minimum absolute atomic E-state index is 0.0720. The molecule has 1 aromatic rings. The normalized spacial score (nSPS) is 31.2. The first-order valence-corrected chi connectivity index (χ1v) is 13.2. The van der Waals surface area contributed by atoms with Crippen LogP contribution in [0, 0.1) is 5.92 Å². The van der Waals surface area contributed by atoms with Gasteiger partial charge in [-0.05, 0) is 12.0 Å². The van der Waals surface area contributed by atoms with E-state index in [4.69, 9.17) is 23.2 Å². The number of amides is 2. The van der Waals surface area contributed by atoms with Crippen LogP contribution in [-0.4, -0.2) is 94.6 Å². The number of fused-ring (bicyclic) bond motifs is 2. The lowest BCUT2D eigenvalue weighted by Crippen LogP contribution is -3.07. The van der Waals surface area contributed by atoms with Gasteiger partial charge in [0, 0.05) is 23.6 Å². The van der Waals surface area contributed by atoms with E-state index in [-0.39, 0.29) is 28.4 Å². The van der Waals surface area contributed by atoms with Crippen LogP contribution in [0.3, 0.4) is 0 Å². The molecule has 0 aromatic carbocycles. The number of anilines is 1. The quantitative estimate of drug-likeness (QED) is 0.167. The second-order valence-corrected chi connectivity index (χ2v) is 11.2. The number of thioether (sulfide) groups is 1. The molecule has 3 unspecified atom stereocenters. The molecule has 4 aliphatic heterocycles. The number of nitrogens with two attached hydrogens (primary N) is 1. The minimum Gasteiger partial charge on any atom is -0.735 e. The van der Waals surface area contributed by atoms with E-state index in [0.29, 0.717) is 17.5 Å². The van der Waals surface area contributed by atoms with Gasteiger partial charge in [-0.25, -0.2) is 9.88 Å². The van der Waals surface area contributed by atoms with Gasteiger partial charge in [-0.3, -0.25) is 14.5 Å². The van der Waals surface area contributed by atoms with Crippen LogP contribution >= 0.6 is 23.1 Å². The van der Waals surface area contributed by atoms with E-state index in [1.54, 1.807) is 17.1 Å². The van der Waals surface area contributed by atoms with Gasteiger partial charge in [-0.2, -0.15) is 0 Å². The fourth-order valence-electron chi connectivity index (χ4n) is 5.38. The Morgan fingerprint density at radius 3 is 2.91 bits per heavy atom. The van der Waals surface area contributed by atoms with Crippen LogP contribution in [0.4, 0.5) is 5.13 Å². The van der Waals surface area contributed by atoms with E-state index in [0.717, 1.165) is 31.8 Å². The molecule has 2 amide bonds. The fourth-order valence-corrected chi connectivity index (χ4v) is 7.59. The van der Waals surface area contributed by atoms with Gasteiger partial charge in [-0.1, -0.05) is 5.16 Å². The number of nitrogen functional groups attached to an aromatic ring is 1. The number of rotatable bonds is 6. The first kappa shape index (κ1) is 23.5. The standard InChI is InChI=1S/C20H25N7O4S3/c1-25-5-12-9(3-4-26(12)8-25)10-6-33-18-14(17(29)27(18)15(10)19(30)32)23-16(28)13(24-31-2)11-7-34-20(21)22-11/h7,9,12,14,18H,3-6,8H2,1-2H3,(H2,21,22)(H,23,28)(H,30,32)/t9?,12?,14-,18-/m1/s1. The Morgan fingerprint density at radius 2 is 2.24 bits per heavy atom. The van der Waals surface area contributed by atoms with Crippen LogP contribution < -0.4 is 16.0 Å². The van der Waals surface area contributed by atoms with Crippen LogP contribution in [0.5, 0.6) is 0 Å². The highest BCUT2D eigenvalue weighted by Gasteiger charge is 2.55. The van der Waals surface area contributed by atoms with Crippen LogP contribution in [0.15, 0.2) is 21.8 Å². The summed E-state index contributed by atoms with van der Waals surface area (Å²) < 4.78 is 0. The summed E-state index contributed by atoms with van der Waals surface area (Å²) in [6.07, 6.45) is 0.959. The summed E-state index contributed by atoms with van der Waals surface area (Å²) in [4.78, 5) is 52.9. The Labute approximate surface area is 210 Å². The molecular weight excluding hydrogens is 498 g/mol. The topological polar surface area (TPSA) is 135 Å². The van der Waals surface area contributed by atoms with Crippen LogP contribution in [0.1, 0.15) is 12.1 Å². The number of quaternary nitrogens is 1. The zero-order valence-electron chi connectivity index (χ0n) is 18.6. The van der Waals surface area contributed by atoms with Gasteiger partial charge in [0.05, 0.1) is 30.4 Å². The van der Waals surface area contributed by atoms with Gasteiger partial charge in [0.15, 0.2) is 10.8 Å². The van der Waals surface area contributed by atoms with Crippen molar-refractivity contribution in [3.8, 4) is 0 Å². The predicted molar refractivity (Wildman–Crippen MR) is 130 cm³/mol. The second kappa shape index (κ2) is 9.07. The average Bonchev–Trinajstić information content (AvgIpc) is 3.49. The number of β-lactam (4-membered cyclic amide) rings is 1. The molecule has 5 rings (SSSR count). The third-order valence-corrected chi connectivity index (χ3v) is 8.95.